The van der Waals surface area contributed by atoms with E-state index in [4.69, 9.17) is 4.74 Å². The van der Waals surface area contributed by atoms with Crippen molar-refractivity contribution in [3.05, 3.63) is 36.1 Å². The van der Waals surface area contributed by atoms with E-state index in [0.717, 1.165) is 5.76 Å². The molecule has 1 atom stereocenters. The summed E-state index contributed by atoms with van der Waals surface area (Å²) in [6, 6.07) is 0. The number of hydrogen-bond acceptors (Lipinski definition) is 1. The quantitative estimate of drug-likeness (QED) is 0.537. The highest BCUT2D eigenvalue weighted by Crippen LogP contribution is 2.08. The van der Waals surface area contributed by atoms with Gasteiger partial charge in [0.1, 0.15) is 5.76 Å². The third kappa shape index (κ3) is 1.76. The van der Waals surface area contributed by atoms with Gasteiger partial charge < -0.3 is 4.74 Å². The van der Waals surface area contributed by atoms with Crippen LogP contribution in [0, 0.1) is 5.92 Å². The van der Waals surface area contributed by atoms with Gasteiger partial charge in [-0.2, -0.15) is 0 Å². The fraction of sp³-hybridized carbons (Fsp3) is 0.333. The predicted octanol–water partition coefficient (Wildman–Crippen LogP) is 2.28. The number of methoxy groups -OCH3 is 1. The first-order chi connectivity index (χ1) is 4.83. The molecule has 0 saturated heterocycles. The molecule has 0 aromatic carbocycles. The first-order valence-electron chi connectivity index (χ1n) is 3.43. The van der Waals surface area contributed by atoms with Crippen LogP contribution in [-0.4, -0.2) is 7.11 Å². The van der Waals surface area contributed by atoms with E-state index in [1.165, 1.54) is 0 Å². The summed E-state index contributed by atoms with van der Waals surface area (Å²) in [7, 11) is 1.68. The van der Waals surface area contributed by atoms with Gasteiger partial charge in [-0.3, -0.25) is 0 Å². The molecule has 0 spiro atoms. The van der Waals surface area contributed by atoms with E-state index >= 15 is 0 Å². The van der Waals surface area contributed by atoms with Crippen LogP contribution in [0.15, 0.2) is 36.1 Å². The summed E-state index contributed by atoms with van der Waals surface area (Å²) in [5, 5.41) is 0. The molecule has 1 nitrogen and oxygen atoms in total. The van der Waals surface area contributed by atoms with Crippen molar-refractivity contribution in [1.82, 2.24) is 0 Å². The highest BCUT2D eigenvalue weighted by Gasteiger charge is 1.94. The van der Waals surface area contributed by atoms with Gasteiger partial charge in [0.2, 0.25) is 0 Å². The third-order valence-corrected chi connectivity index (χ3v) is 1.47. The van der Waals surface area contributed by atoms with Gasteiger partial charge in [0.25, 0.3) is 0 Å². The zero-order valence-electron chi connectivity index (χ0n) is 6.37. The number of ether oxygens (including phenoxy) is 1. The van der Waals surface area contributed by atoms with Crippen molar-refractivity contribution in [3.63, 3.8) is 0 Å². The molecule has 1 rings (SSSR count). The minimum atomic E-state index is 0.517. The van der Waals surface area contributed by atoms with Crippen molar-refractivity contribution in [2.75, 3.05) is 7.11 Å². The fourth-order valence-electron chi connectivity index (χ4n) is 0.828. The monoisotopic (exact) mass is 136 g/mol. The SMILES string of the molecule is COC1=CC=CC(C)C=C1. The summed E-state index contributed by atoms with van der Waals surface area (Å²) in [5.41, 5.74) is 0. The van der Waals surface area contributed by atoms with E-state index in [1.54, 1.807) is 7.11 Å². The molecule has 1 aliphatic rings. The molecule has 0 saturated carbocycles. The van der Waals surface area contributed by atoms with Crippen molar-refractivity contribution in [3.8, 4) is 0 Å². The maximum absolute atomic E-state index is 5.04. The van der Waals surface area contributed by atoms with Crippen LogP contribution in [0.2, 0.25) is 0 Å². The topological polar surface area (TPSA) is 9.23 Å². The average molecular weight is 136 g/mol. The molecule has 0 heterocycles. The molecule has 0 radical (unpaired) electrons. The lowest BCUT2D eigenvalue weighted by molar-refractivity contribution is 0.307. The Hall–Kier alpha value is -0.980. The molecule has 0 N–H and O–H groups in total. The summed E-state index contributed by atoms with van der Waals surface area (Å²) in [5.74, 6) is 1.43. The number of rotatable bonds is 1. The highest BCUT2D eigenvalue weighted by molar-refractivity contribution is 5.23. The Morgan fingerprint density at radius 1 is 1.40 bits per heavy atom. The van der Waals surface area contributed by atoms with Crippen LogP contribution in [-0.2, 0) is 4.74 Å². The van der Waals surface area contributed by atoms with E-state index in [2.05, 4.69) is 19.1 Å². The van der Waals surface area contributed by atoms with E-state index in [1.807, 2.05) is 18.2 Å². The molecule has 0 aromatic rings. The lowest BCUT2D eigenvalue weighted by Crippen LogP contribution is -1.81. The average Bonchev–Trinajstić information content (AvgIpc) is 2.14. The molecule has 0 aliphatic heterocycles. The van der Waals surface area contributed by atoms with Gasteiger partial charge in [0.05, 0.1) is 7.11 Å². The fourth-order valence-corrected chi connectivity index (χ4v) is 0.828. The summed E-state index contributed by atoms with van der Waals surface area (Å²) in [6.45, 7) is 2.14. The molecule has 0 amide bonds. The number of allylic oxidation sites excluding steroid dienone is 5. The van der Waals surface area contributed by atoms with Crippen molar-refractivity contribution in [1.29, 1.82) is 0 Å². The zero-order chi connectivity index (χ0) is 7.40. The van der Waals surface area contributed by atoms with Crippen molar-refractivity contribution in [2.45, 2.75) is 6.92 Å². The van der Waals surface area contributed by atoms with E-state index < -0.39 is 0 Å². The van der Waals surface area contributed by atoms with Crippen molar-refractivity contribution in [2.24, 2.45) is 5.92 Å². The number of hydrogen-bond donors (Lipinski definition) is 0. The molecule has 54 valence electrons. The first-order valence-corrected chi connectivity index (χ1v) is 3.43. The smallest absolute Gasteiger partial charge is 0.118 e. The third-order valence-electron chi connectivity index (χ3n) is 1.47. The van der Waals surface area contributed by atoms with Crippen LogP contribution < -0.4 is 0 Å². The van der Waals surface area contributed by atoms with E-state index in [-0.39, 0.29) is 0 Å². The first kappa shape index (κ1) is 7.13. The van der Waals surface area contributed by atoms with Gasteiger partial charge in [-0.15, -0.1) is 0 Å². The van der Waals surface area contributed by atoms with Crippen LogP contribution in [0.4, 0.5) is 0 Å². The predicted molar refractivity (Wildman–Crippen MR) is 42.5 cm³/mol. The zero-order valence-corrected chi connectivity index (χ0v) is 6.37. The molecule has 10 heavy (non-hydrogen) atoms. The molecule has 0 bridgehead atoms. The molecule has 1 aliphatic carbocycles. The second-order valence-corrected chi connectivity index (χ2v) is 2.38. The molecular weight excluding hydrogens is 124 g/mol. The Labute approximate surface area is 61.7 Å². The standard InChI is InChI=1S/C9H12O/c1-8-4-3-5-9(10-2)7-6-8/h3-8H,1-2H3. The summed E-state index contributed by atoms with van der Waals surface area (Å²) in [6.07, 6.45) is 10.2. The lowest BCUT2D eigenvalue weighted by Gasteiger charge is -1.96. The Morgan fingerprint density at radius 2 is 2.20 bits per heavy atom. The second-order valence-electron chi connectivity index (χ2n) is 2.38. The van der Waals surface area contributed by atoms with Crippen molar-refractivity contribution >= 4 is 0 Å². The normalized spacial score (nSPS) is 23.8. The van der Waals surface area contributed by atoms with Gasteiger partial charge >= 0.3 is 0 Å². The van der Waals surface area contributed by atoms with Crippen LogP contribution in [0.5, 0.6) is 0 Å². The van der Waals surface area contributed by atoms with Gasteiger partial charge in [-0.1, -0.05) is 25.2 Å². The Kier molecular flexibility index (Phi) is 2.32. The molecule has 1 unspecified atom stereocenters. The maximum Gasteiger partial charge on any atom is 0.118 e. The Bertz CT molecular complexity index is 187. The largest absolute Gasteiger partial charge is 0.497 e. The van der Waals surface area contributed by atoms with Gasteiger partial charge in [0, 0.05) is 0 Å². The van der Waals surface area contributed by atoms with Gasteiger partial charge in [-0.05, 0) is 18.1 Å². The van der Waals surface area contributed by atoms with Gasteiger partial charge in [0.15, 0.2) is 0 Å². The second kappa shape index (κ2) is 3.25. The van der Waals surface area contributed by atoms with Gasteiger partial charge in [-0.25, -0.2) is 0 Å². The Balaban J connectivity index is 2.71. The summed E-state index contributed by atoms with van der Waals surface area (Å²) >= 11 is 0. The van der Waals surface area contributed by atoms with Crippen molar-refractivity contribution < 1.29 is 4.74 Å². The van der Waals surface area contributed by atoms with E-state index in [9.17, 15) is 0 Å². The van der Waals surface area contributed by atoms with E-state index in [0.29, 0.717) is 5.92 Å². The molecule has 1 heteroatoms. The molecule has 0 fully saturated rings. The van der Waals surface area contributed by atoms with Crippen LogP contribution >= 0.6 is 0 Å². The van der Waals surface area contributed by atoms with Crippen LogP contribution in [0.3, 0.4) is 0 Å². The van der Waals surface area contributed by atoms with Crippen LogP contribution in [0.1, 0.15) is 6.92 Å². The molecular formula is C9H12O. The summed E-state index contributed by atoms with van der Waals surface area (Å²) in [4.78, 5) is 0. The minimum Gasteiger partial charge on any atom is -0.497 e. The summed E-state index contributed by atoms with van der Waals surface area (Å²) < 4.78 is 5.04. The highest BCUT2D eigenvalue weighted by atomic mass is 16.5. The maximum atomic E-state index is 5.04. The Morgan fingerprint density at radius 3 is 2.90 bits per heavy atom. The van der Waals surface area contributed by atoms with Crippen LogP contribution in [0.25, 0.3) is 0 Å². The molecule has 0 aromatic heterocycles. The lowest BCUT2D eigenvalue weighted by atomic mass is 10.2. The minimum absolute atomic E-state index is 0.517.